The van der Waals surface area contributed by atoms with Crippen molar-refractivity contribution in [1.29, 1.82) is 0 Å². The molecule has 0 bridgehead atoms. The number of fused-ring (bicyclic) bond motifs is 12. The SMILES string of the molecule is CC(C)[Si](c1cccc2cc3ccc4ccc5cc6ccc7ccc8cc9cccc([Si](C(C)C)(C(C)C)C(C)C)c9cc8c7c6cc5c4c3cc12)(C(C)C)C(C)C. The Morgan fingerprint density at radius 3 is 0.776 bits per heavy atom. The van der Waals surface area contributed by atoms with E-state index in [0.717, 1.165) is 0 Å². The third kappa shape index (κ3) is 5.43. The van der Waals surface area contributed by atoms with Crippen LogP contribution in [0.25, 0.3) is 86.2 Å². The van der Waals surface area contributed by atoms with E-state index < -0.39 is 16.1 Å². The van der Waals surface area contributed by atoms with Crippen LogP contribution in [0.3, 0.4) is 0 Å². The summed E-state index contributed by atoms with van der Waals surface area (Å²) in [6, 6.07) is 48.4. The van der Waals surface area contributed by atoms with Gasteiger partial charge in [-0.15, -0.1) is 0 Å². The van der Waals surface area contributed by atoms with Crippen molar-refractivity contribution >= 4 is 113 Å². The van der Waals surface area contributed by atoms with Crippen molar-refractivity contribution in [1.82, 2.24) is 0 Å². The van der Waals surface area contributed by atoms with Crippen LogP contribution in [-0.2, 0) is 0 Å². The Balaban J connectivity index is 1.40. The van der Waals surface area contributed by atoms with Crippen molar-refractivity contribution in [2.24, 2.45) is 0 Å². The van der Waals surface area contributed by atoms with Gasteiger partial charge in [-0.2, -0.15) is 0 Å². The molecule has 9 aromatic rings. The maximum Gasteiger partial charge on any atom is 0.0950 e. The van der Waals surface area contributed by atoms with Crippen LogP contribution in [0.1, 0.15) is 83.1 Å². The maximum absolute atomic E-state index is 2.60. The molecule has 0 aromatic heterocycles. The van der Waals surface area contributed by atoms with Gasteiger partial charge in [0.15, 0.2) is 0 Å². The first-order chi connectivity index (χ1) is 27.7. The van der Waals surface area contributed by atoms with Gasteiger partial charge in [0.25, 0.3) is 0 Å². The summed E-state index contributed by atoms with van der Waals surface area (Å²) in [6.07, 6.45) is 0. The molecule has 0 aliphatic carbocycles. The molecule has 0 radical (unpaired) electrons. The van der Waals surface area contributed by atoms with Crippen LogP contribution in [-0.4, -0.2) is 16.1 Å². The molecule has 9 aromatic carbocycles. The Kier molecular flexibility index (Phi) is 9.45. The second-order valence-electron chi connectivity index (χ2n) is 19.7. The quantitative estimate of drug-likeness (QED) is 0.0817. The normalized spacial score (nSPS) is 13.4. The van der Waals surface area contributed by atoms with Gasteiger partial charge in [0.05, 0.1) is 16.1 Å². The summed E-state index contributed by atoms with van der Waals surface area (Å²) in [7, 11) is -3.84. The molecule has 0 fully saturated rings. The van der Waals surface area contributed by atoms with E-state index in [1.807, 2.05) is 0 Å². The van der Waals surface area contributed by atoms with Gasteiger partial charge in [0.2, 0.25) is 0 Å². The molecular formula is C56H62Si2. The summed E-state index contributed by atoms with van der Waals surface area (Å²) in [6.45, 7) is 29.9. The third-order valence-corrected chi connectivity index (χ3v) is 29.6. The number of benzene rings is 9. The van der Waals surface area contributed by atoms with Crippen LogP contribution in [0.15, 0.2) is 121 Å². The zero-order chi connectivity index (χ0) is 41.0. The molecule has 58 heavy (non-hydrogen) atoms. The molecule has 294 valence electrons. The molecule has 0 spiro atoms. The van der Waals surface area contributed by atoms with Gasteiger partial charge < -0.3 is 0 Å². The predicted octanol–water partition coefficient (Wildman–Crippen LogP) is 16.7. The summed E-state index contributed by atoms with van der Waals surface area (Å²) >= 11 is 0. The molecule has 0 nitrogen and oxygen atoms in total. The van der Waals surface area contributed by atoms with E-state index in [4.69, 9.17) is 0 Å². The number of hydrogen-bond donors (Lipinski definition) is 0. The van der Waals surface area contributed by atoms with Gasteiger partial charge in [-0.1, -0.05) is 178 Å². The fourth-order valence-corrected chi connectivity index (χ4v) is 27.3. The molecule has 0 saturated carbocycles. The number of hydrogen-bond acceptors (Lipinski definition) is 0. The average molecular weight is 791 g/mol. The summed E-state index contributed by atoms with van der Waals surface area (Å²) in [5, 5.41) is 25.1. The topological polar surface area (TPSA) is 0 Å². The molecule has 0 aliphatic heterocycles. The Labute approximate surface area is 348 Å². The van der Waals surface area contributed by atoms with Crippen molar-refractivity contribution in [3.05, 3.63) is 121 Å². The first-order valence-electron chi connectivity index (χ1n) is 22.3. The lowest BCUT2D eigenvalue weighted by molar-refractivity contribution is 0.835. The lowest BCUT2D eigenvalue weighted by Crippen LogP contribution is -2.55. The highest BCUT2D eigenvalue weighted by molar-refractivity contribution is 6.97. The van der Waals surface area contributed by atoms with Crippen LogP contribution in [0, 0.1) is 0 Å². The lowest BCUT2D eigenvalue weighted by Gasteiger charge is -2.44. The minimum Gasteiger partial charge on any atom is -0.0648 e. The molecule has 0 saturated heterocycles. The van der Waals surface area contributed by atoms with Gasteiger partial charge in [0.1, 0.15) is 0 Å². The van der Waals surface area contributed by atoms with E-state index in [2.05, 4.69) is 204 Å². The monoisotopic (exact) mass is 790 g/mol. The lowest BCUT2D eigenvalue weighted by atomic mass is 9.90. The standard InChI is InChI=1S/C56H62Si2/c1-33(2)57(34(3)4,35(5)6)53-17-13-15-41-27-43-23-19-39-21-25-45-29-46-26-22-40-20-24-44-28-42-16-14-18-54(58(36(7)8,37(9)10)38(11)12)48(42)31-50(44)56(40)52(46)32-51(45)55(39)49(43)30-47(41)53/h13-38H,1-12H3. The van der Waals surface area contributed by atoms with Gasteiger partial charge in [-0.3, -0.25) is 0 Å². The Hall–Kier alpha value is -4.51. The first-order valence-corrected chi connectivity index (χ1v) is 26.7. The van der Waals surface area contributed by atoms with E-state index in [1.165, 1.54) is 86.2 Å². The van der Waals surface area contributed by atoms with Crippen LogP contribution < -0.4 is 10.4 Å². The molecule has 2 heteroatoms. The summed E-state index contributed by atoms with van der Waals surface area (Å²) in [5.74, 6) is 0. The Morgan fingerprint density at radius 1 is 0.259 bits per heavy atom. The van der Waals surface area contributed by atoms with E-state index in [-0.39, 0.29) is 0 Å². The number of rotatable bonds is 8. The fourth-order valence-electron chi connectivity index (χ4n) is 13.4. The van der Waals surface area contributed by atoms with Gasteiger partial charge in [0, 0.05) is 0 Å². The molecule has 0 heterocycles. The van der Waals surface area contributed by atoms with Crippen molar-refractivity contribution in [3.63, 3.8) is 0 Å². The second kappa shape index (κ2) is 14.1. The maximum atomic E-state index is 2.60. The van der Waals surface area contributed by atoms with Crippen LogP contribution in [0.2, 0.25) is 33.2 Å². The van der Waals surface area contributed by atoms with Gasteiger partial charge in [-0.25, -0.2) is 0 Å². The van der Waals surface area contributed by atoms with E-state index >= 15 is 0 Å². The fraction of sp³-hybridized carbons (Fsp3) is 0.321. The van der Waals surface area contributed by atoms with Crippen LogP contribution >= 0.6 is 0 Å². The molecular weight excluding hydrogens is 729 g/mol. The van der Waals surface area contributed by atoms with Crippen molar-refractivity contribution < 1.29 is 0 Å². The smallest absolute Gasteiger partial charge is 0.0648 e. The average Bonchev–Trinajstić information content (AvgIpc) is 3.18. The highest BCUT2D eigenvalue weighted by Gasteiger charge is 2.46. The Morgan fingerprint density at radius 2 is 0.500 bits per heavy atom. The highest BCUT2D eigenvalue weighted by Crippen LogP contribution is 2.46. The highest BCUT2D eigenvalue weighted by atomic mass is 28.3. The predicted molar refractivity (Wildman–Crippen MR) is 268 cm³/mol. The second-order valence-corrected chi connectivity index (χ2v) is 31.5. The first kappa shape index (κ1) is 39.0. The molecule has 0 atom stereocenters. The minimum absolute atomic E-state index is 0.643. The van der Waals surface area contributed by atoms with Crippen LogP contribution in [0.4, 0.5) is 0 Å². The van der Waals surface area contributed by atoms with Crippen molar-refractivity contribution in [2.75, 3.05) is 0 Å². The molecule has 9 rings (SSSR count). The summed E-state index contributed by atoms with van der Waals surface area (Å²) in [4.78, 5) is 0. The third-order valence-electron chi connectivity index (χ3n) is 15.4. The van der Waals surface area contributed by atoms with Crippen molar-refractivity contribution in [3.8, 4) is 0 Å². The zero-order valence-corrected chi connectivity index (χ0v) is 39.0. The minimum atomic E-state index is -1.92. The van der Waals surface area contributed by atoms with Crippen LogP contribution in [0.5, 0.6) is 0 Å². The van der Waals surface area contributed by atoms with E-state index in [0.29, 0.717) is 33.2 Å². The summed E-state index contributed by atoms with van der Waals surface area (Å²) in [5.41, 5.74) is 3.86. The molecule has 0 unspecified atom stereocenters. The largest absolute Gasteiger partial charge is 0.0950 e. The van der Waals surface area contributed by atoms with E-state index in [1.54, 1.807) is 10.4 Å². The summed E-state index contributed by atoms with van der Waals surface area (Å²) < 4.78 is 0. The van der Waals surface area contributed by atoms with Gasteiger partial charge in [-0.05, 0) is 156 Å². The molecule has 0 N–H and O–H groups in total. The van der Waals surface area contributed by atoms with E-state index in [9.17, 15) is 0 Å². The molecule has 0 amide bonds. The molecule has 0 aliphatic rings. The Bertz CT molecular complexity index is 2830. The van der Waals surface area contributed by atoms with Crippen molar-refractivity contribution in [2.45, 2.75) is 116 Å². The van der Waals surface area contributed by atoms with Gasteiger partial charge >= 0.3 is 0 Å². The zero-order valence-electron chi connectivity index (χ0n) is 37.0.